The van der Waals surface area contributed by atoms with Crippen LogP contribution in [0.1, 0.15) is 36.7 Å². The van der Waals surface area contributed by atoms with Crippen molar-refractivity contribution in [2.75, 3.05) is 0 Å². The van der Waals surface area contributed by atoms with E-state index in [1.54, 1.807) is 12.1 Å². The Labute approximate surface area is 113 Å². The average molecular weight is 258 g/mol. The van der Waals surface area contributed by atoms with Gasteiger partial charge in [0.1, 0.15) is 5.82 Å². The zero-order chi connectivity index (χ0) is 13.7. The van der Waals surface area contributed by atoms with Crippen molar-refractivity contribution in [2.45, 2.75) is 32.9 Å². The van der Waals surface area contributed by atoms with Crippen LogP contribution in [0.2, 0.25) is 0 Å². The number of hydrogen-bond acceptors (Lipinski definition) is 2. The summed E-state index contributed by atoms with van der Waals surface area (Å²) in [5, 5.41) is 3.39. The zero-order valence-electron chi connectivity index (χ0n) is 11.4. The molecule has 0 aliphatic carbocycles. The van der Waals surface area contributed by atoms with E-state index in [1.807, 2.05) is 25.3 Å². The van der Waals surface area contributed by atoms with Crippen LogP contribution in [0.5, 0.6) is 0 Å². The van der Waals surface area contributed by atoms with Crippen molar-refractivity contribution < 1.29 is 4.39 Å². The molecule has 19 heavy (non-hydrogen) atoms. The highest BCUT2D eigenvalue weighted by Crippen LogP contribution is 2.15. The molecule has 1 atom stereocenters. The first-order valence-corrected chi connectivity index (χ1v) is 6.62. The molecule has 0 aliphatic rings. The molecule has 2 rings (SSSR count). The predicted molar refractivity (Wildman–Crippen MR) is 75.3 cm³/mol. The summed E-state index contributed by atoms with van der Waals surface area (Å²) in [6, 6.07) is 10.8. The topological polar surface area (TPSA) is 24.9 Å². The Kier molecular flexibility index (Phi) is 4.63. The lowest BCUT2D eigenvalue weighted by Gasteiger charge is -2.15. The van der Waals surface area contributed by atoms with Crippen molar-refractivity contribution in [3.05, 3.63) is 65.2 Å². The van der Waals surface area contributed by atoms with Gasteiger partial charge >= 0.3 is 0 Å². The lowest BCUT2D eigenvalue weighted by molar-refractivity contribution is 0.557. The third-order valence-electron chi connectivity index (χ3n) is 3.29. The van der Waals surface area contributed by atoms with Gasteiger partial charge in [0.2, 0.25) is 0 Å². The van der Waals surface area contributed by atoms with Crippen molar-refractivity contribution in [1.29, 1.82) is 0 Å². The molecule has 0 fully saturated rings. The van der Waals surface area contributed by atoms with E-state index in [0.717, 1.165) is 17.7 Å². The fourth-order valence-electron chi connectivity index (χ4n) is 2.10. The summed E-state index contributed by atoms with van der Waals surface area (Å²) in [6.45, 7) is 4.85. The Morgan fingerprint density at radius 3 is 2.84 bits per heavy atom. The summed E-state index contributed by atoms with van der Waals surface area (Å²) < 4.78 is 13.2. The Morgan fingerprint density at radius 1 is 1.26 bits per heavy atom. The molecule has 0 saturated carbocycles. The minimum Gasteiger partial charge on any atom is -0.305 e. The molecule has 100 valence electrons. The van der Waals surface area contributed by atoms with Gasteiger partial charge in [0.25, 0.3) is 0 Å². The molecule has 0 radical (unpaired) electrons. The van der Waals surface area contributed by atoms with E-state index in [1.165, 1.54) is 11.6 Å². The van der Waals surface area contributed by atoms with Crippen molar-refractivity contribution in [1.82, 2.24) is 10.3 Å². The van der Waals surface area contributed by atoms with Crippen LogP contribution in [0.4, 0.5) is 4.39 Å². The SMILES string of the molecule is CCc1cccnc1CNC(C)c1cccc(F)c1. The molecule has 2 nitrogen and oxygen atoms in total. The molecule has 2 aromatic rings. The van der Waals surface area contributed by atoms with Gasteiger partial charge < -0.3 is 5.32 Å². The highest BCUT2D eigenvalue weighted by atomic mass is 19.1. The lowest BCUT2D eigenvalue weighted by atomic mass is 10.1. The number of nitrogens with zero attached hydrogens (tertiary/aromatic N) is 1. The number of rotatable bonds is 5. The summed E-state index contributed by atoms with van der Waals surface area (Å²) in [4.78, 5) is 4.40. The first-order chi connectivity index (χ1) is 9.20. The lowest BCUT2D eigenvalue weighted by Crippen LogP contribution is -2.19. The average Bonchev–Trinajstić information content (AvgIpc) is 2.45. The fourth-order valence-corrected chi connectivity index (χ4v) is 2.10. The van der Waals surface area contributed by atoms with Crippen molar-refractivity contribution in [3.63, 3.8) is 0 Å². The van der Waals surface area contributed by atoms with Crippen LogP contribution < -0.4 is 5.32 Å². The summed E-state index contributed by atoms with van der Waals surface area (Å²) in [5.74, 6) is -0.196. The first-order valence-electron chi connectivity index (χ1n) is 6.62. The molecule has 0 spiro atoms. The second-order valence-corrected chi connectivity index (χ2v) is 4.62. The van der Waals surface area contributed by atoms with E-state index < -0.39 is 0 Å². The molecular formula is C16H19FN2. The number of hydrogen-bond donors (Lipinski definition) is 1. The predicted octanol–water partition coefficient (Wildman–Crippen LogP) is 3.63. The van der Waals surface area contributed by atoms with Gasteiger partial charge in [-0.3, -0.25) is 4.98 Å². The molecule has 1 aromatic heterocycles. The van der Waals surface area contributed by atoms with E-state index in [9.17, 15) is 4.39 Å². The second kappa shape index (κ2) is 6.43. The number of benzene rings is 1. The van der Waals surface area contributed by atoms with Gasteiger partial charge in [-0.2, -0.15) is 0 Å². The van der Waals surface area contributed by atoms with Gasteiger partial charge in [0, 0.05) is 18.8 Å². The second-order valence-electron chi connectivity index (χ2n) is 4.62. The van der Waals surface area contributed by atoms with E-state index in [-0.39, 0.29) is 11.9 Å². The van der Waals surface area contributed by atoms with E-state index in [2.05, 4.69) is 23.3 Å². The highest BCUT2D eigenvalue weighted by molar-refractivity contribution is 5.22. The number of nitrogens with one attached hydrogen (secondary N) is 1. The van der Waals surface area contributed by atoms with Crippen LogP contribution in [-0.4, -0.2) is 4.98 Å². The first kappa shape index (κ1) is 13.7. The van der Waals surface area contributed by atoms with Gasteiger partial charge in [-0.1, -0.05) is 25.1 Å². The largest absolute Gasteiger partial charge is 0.305 e. The summed E-state index contributed by atoms with van der Waals surface area (Å²) in [7, 11) is 0. The van der Waals surface area contributed by atoms with Crippen LogP contribution in [0.15, 0.2) is 42.6 Å². The Morgan fingerprint density at radius 2 is 2.11 bits per heavy atom. The van der Waals surface area contributed by atoms with Gasteiger partial charge in [0.05, 0.1) is 5.69 Å². The number of pyridine rings is 1. The van der Waals surface area contributed by atoms with Gasteiger partial charge in [-0.15, -0.1) is 0 Å². The quantitative estimate of drug-likeness (QED) is 0.885. The van der Waals surface area contributed by atoms with Crippen LogP contribution in [-0.2, 0) is 13.0 Å². The molecule has 1 unspecified atom stereocenters. The van der Waals surface area contributed by atoms with Crippen molar-refractivity contribution >= 4 is 0 Å². The Hall–Kier alpha value is -1.74. The zero-order valence-corrected chi connectivity index (χ0v) is 11.4. The molecule has 0 saturated heterocycles. The van der Waals surface area contributed by atoms with E-state index in [4.69, 9.17) is 0 Å². The van der Waals surface area contributed by atoms with E-state index >= 15 is 0 Å². The number of halogens is 1. The van der Waals surface area contributed by atoms with Gasteiger partial charge in [0.15, 0.2) is 0 Å². The van der Waals surface area contributed by atoms with Gasteiger partial charge in [-0.05, 0) is 42.7 Å². The molecule has 3 heteroatoms. The highest BCUT2D eigenvalue weighted by Gasteiger charge is 2.07. The molecule has 0 aliphatic heterocycles. The van der Waals surface area contributed by atoms with Crippen molar-refractivity contribution in [3.8, 4) is 0 Å². The maximum absolute atomic E-state index is 13.2. The molecule has 1 aromatic carbocycles. The Bertz CT molecular complexity index is 540. The number of aromatic nitrogens is 1. The monoisotopic (exact) mass is 258 g/mol. The minimum absolute atomic E-state index is 0.0995. The smallest absolute Gasteiger partial charge is 0.123 e. The standard InChI is InChI=1S/C16H19FN2/c1-3-13-7-5-9-18-16(13)11-19-12(2)14-6-4-8-15(17)10-14/h4-10,12,19H,3,11H2,1-2H3. The van der Waals surface area contributed by atoms with Crippen LogP contribution >= 0.6 is 0 Å². The molecular weight excluding hydrogens is 239 g/mol. The van der Waals surface area contributed by atoms with Crippen LogP contribution in [0.3, 0.4) is 0 Å². The normalized spacial score (nSPS) is 12.4. The molecule has 1 heterocycles. The van der Waals surface area contributed by atoms with Crippen LogP contribution in [0, 0.1) is 5.82 Å². The molecule has 0 amide bonds. The maximum Gasteiger partial charge on any atom is 0.123 e. The molecule has 0 bridgehead atoms. The minimum atomic E-state index is -0.196. The summed E-state index contributed by atoms with van der Waals surface area (Å²) in [5.41, 5.74) is 3.27. The third kappa shape index (κ3) is 3.61. The van der Waals surface area contributed by atoms with Gasteiger partial charge in [-0.25, -0.2) is 4.39 Å². The Balaban J connectivity index is 2.02. The summed E-state index contributed by atoms with van der Waals surface area (Å²) in [6.07, 6.45) is 2.78. The summed E-state index contributed by atoms with van der Waals surface area (Å²) >= 11 is 0. The van der Waals surface area contributed by atoms with Crippen molar-refractivity contribution in [2.24, 2.45) is 0 Å². The maximum atomic E-state index is 13.2. The molecule has 1 N–H and O–H groups in total. The van der Waals surface area contributed by atoms with Crippen LogP contribution in [0.25, 0.3) is 0 Å². The fraction of sp³-hybridized carbons (Fsp3) is 0.312. The van der Waals surface area contributed by atoms with E-state index in [0.29, 0.717) is 6.54 Å². The number of aryl methyl sites for hydroxylation is 1. The third-order valence-corrected chi connectivity index (χ3v) is 3.29.